The predicted molar refractivity (Wildman–Crippen MR) is 53.9 cm³/mol. The van der Waals surface area contributed by atoms with Gasteiger partial charge in [0.05, 0.1) is 18.2 Å². The van der Waals surface area contributed by atoms with Crippen LogP contribution in [-0.2, 0) is 16.1 Å². The maximum Gasteiger partial charge on any atom is 0.223 e. The summed E-state index contributed by atoms with van der Waals surface area (Å²) in [6.07, 6.45) is 4.15. The van der Waals surface area contributed by atoms with E-state index in [1.807, 2.05) is 17.8 Å². The van der Waals surface area contributed by atoms with Gasteiger partial charge >= 0.3 is 0 Å². The van der Waals surface area contributed by atoms with Crippen molar-refractivity contribution in [1.82, 2.24) is 9.78 Å². The van der Waals surface area contributed by atoms with E-state index in [0.29, 0.717) is 13.0 Å². The van der Waals surface area contributed by atoms with Crippen molar-refractivity contribution in [1.29, 1.82) is 0 Å². The van der Waals surface area contributed by atoms with Crippen molar-refractivity contribution < 1.29 is 9.53 Å². The van der Waals surface area contributed by atoms with Gasteiger partial charge in [0.25, 0.3) is 0 Å². The summed E-state index contributed by atoms with van der Waals surface area (Å²) in [4.78, 5) is 11.2. The van der Waals surface area contributed by atoms with Gasteiger partial charge in [-0.1, -0.05) is 0 Å². The summed E-state index contributed by atoms with van der Waals surface area (Å²) in [5.41, 5.74) is 6.26. The van der Waals surface area contributed by atoms with Crippen LogP contribution in [0, 0.1) is 5.92 Å². The molecule has 0 saturated carbocycles. The lowest BCUT2D eigenvalue weighted by Gasteiger charge is -2.13. The molecule has 5 heteroatoms. The molecule has 0 aliphatic carbocycles. The number of aryl methyl sites for hydroxylation is 1. The summed E-state index contributed by atoms with van der Waals surface area (Å²) >= 11 is 0. The number of aromatic nitrogens is 2. The SMILES string of the molecule is CCn1cc([C@@H]2OCC[C@H]2C(N)=O)cn1. The van der Waals surface area contributed by atoms with Crippen molar-refractivity contribution in [3.8, 4) is 0 Å². The average molecular weight is 209 g/mol. The maximum absolute atomic E-state index is 11.2. The molecule has 2 N–H and O–H groups in total. The lowest BCUT2D eigenvalue weighted by atomic mass is 9.97. The summed E-state index contributed by atoms with van der Waals surface area (Å²) in [5, 5.41) is 4.16. The minimum atomic E-state index is -0.290. The second-order valence-electron chi connectivity index (χ2n) is 3.72. The zero-order valence-corrected chi connectivity index (χ0v) is 8.72. The highest BCUT2D eigenvalue weighted by Crippen LogP contribution is 2.33. The van der Waals surface area contributed by atoms with Crippen LogP contribution in [0.5, 0.6) is 0 Å². The van der Waals surface area contributed by atoms with Gasteiger partial charge < -0.3 is 10.5 Å². The second kappa shape index (κ2) is 4.02. The van der Waals surface area contributed by atoms with Gasteiger partial charge in [0.15, 0.2) is 0 Å². The van der Waals surface area contributed by atoms with Crippen LogP contribution in [0.1, 0.15) is 25.0 Å². The minimum absolute atomic E-state index is 0.206. The molecule has 15 heavy (non-hydrogen) atoms. The van der Waals surface area contributed by atoms with Gasteiger partial charge in [0, 0.05) is 24.9 Å². The fraction of sp³-hybridized carbons (Fsp3) is 0.600. The Kier molecular flexibility index (Phi) is 2.73. The van der Waals surface area contributed by atoms with Gasteiger partial charge in [-0.05, 0) is 13.3 Å². The molecule has 0 spiro atoms. The van der Waals surface area contributed by atoms with Crippen LogP contribution < -0.4 is 5.73 Å². The molecule has 1 amide bonds. The predicted octanol–water partition coefficient (Wildman–Crippen LogP) is 0.466. The van der Waals surface area contributed by atoms with E-state index in [1.54, 1.807) is 6.20 Å². The van der Waals surface area contributed by atoms with Crippen LogP contribution in [0.3, 0.4) is 0 Å². The molecule has 5 nitrogen and oxygen atoms in total. The Bertz CT molecular complexity index is 361. The summed E-state index contributed by atoms with van der Waals surface area (Å²) in [6, 6.07) is 0. The Labute approximate surface area is 88.2 Å². The lowest BCUT2D eigenvalue weighted by Crippen LogP contribution is -2.25. The molecule has 1 fully saturated rings. The van der Waals surface area contributed by atoms with Crippen molar-refractivity contribution in [2.75, 3.05) is 6.61 Å². The highest BCUT2D eigenvalue weighted by molar-refractivity contribution is 5.77. The second-order valence-corrected chi connectivity index (χ2v) is 3.72. The van der Waals surface area contributed by atoms with E-state index in [4.69, 9.17) is 10.5 Å². The van der Waals surface area contributed by atoms with Gasteiger partial charge in [0.2, 0.25) is 5.91 Å². The van der Waals surface area contributed by atoms with E-state index in [1.165, 1.54) is 0 Å². The van der Waals surface area contributed by atoms with Crippen molar-refractivity contribution in [2.24, 2.45) is 11.7 Å². The number of rotatable bonds is 3. The van der Waals surface area contributed by atoms with E-state index in [2.05, 4.69) is 5.10 Å². The number of nitrogens with zero attached hydrogens (tertiary/aromatic N) is 2. The molecule has 1 aliphatic rings. The minimum Gasteiger partial charge on any atom is -0.373 e. The van der Waals surface area contributed by atoms with Gasteiger partial charge in [-0.2, -0.15) is 5.10 Å². The Morgan fingerprint density at radius 2 is 2.60 bits per heavy atom. The van der Waals surface area contributed by atoms with Gasteiger partial charge in [-0.15, -0.1) is 0 Å². The Morgan fingerprint density at radius 1 is 1.80 bits per heavy atom. The first kappa shape index (κ1) is 10.2. The molecule has 1 saturated heterocycles. The fourth-order valence-electron chi connectivity index (χ4n) is 1.91. The normalized spacial score (nSPS) is 25.7. The Morgan fingerprint density at radius 3 is 3.20 bits per heavy atom. The van der Waals surface area contributed by atoms with E-state index < -0.39 is 0 Å². The number of ether oxygens (including phenoxy) is 1. The fourth-order valence-corrected chi connectivity index (χ4v) is 1.91. The molecule has 2 heterocycles. The van der Waals surface area contributed by atoms with E-state index in [9.17, 15) is 4.79 Å². The molecule has 82 valence electrons. The van der Waals surface area contributed by atoms with Crippen molar-refractivity contribution in [3.05, 3.63) is 18.0 Å². The molecular weight excluding hydrogens is 194 g/mol. The third-order valence-corrected chi connectivity index (χ3v) is 2.76. The first-order chi connectivity index (χ1) is 7.22. The zero-order chi connectivity index (χ0) is 10.8. The lowest BCUT2D eigenvalue weighted by molar-refractivity contribution is -0.123. The van der Waals surface area contributed by atoms with Gasteiger partial charge in [0.1, 0.15) is 0 Å². The molecule has 1 aromatic rings. The number of hydrogen-bond donors (Lipinski definition) is 1. The van der Waals surface area contributed by atoms with Crippen molar-refractivity contribution >= 4 is 5.91 Å². The van der Waals surface area contributed by atoms with Crippen molar-refractivity contribution in [2.45, 2.75) is 26.0 Å². The summed E-state index contributed by atoms with van der Waals surface area (Å²) in [5.74, 6) is -0.499. The monoisotopic (exact) mass is 209 g/mol. The number of amides is 1. The van der Waals surface area contributed by atoms with Gasteiger partial charge in [-0.25, -0.2) is 0 Å². The smallest absolute Gasteiger partial charge is 0.223 e. The number of primary amides is 1. The first-order valence-corrected chi connectivity index (χ1v) is 5.15. The Balaban J connectivity index is 2.18. The molecule has 2 rings (SSSR count). The van der Waals surface area contributed by atoms with E-state index in [-0.39, 0.29) is 17.9 Å². The van der Waals surface area contributed by atoms with Crippen LogP contribution in [0.2, 0.25) is 0 Å². The molecule has 0 aromatic carbocycles. The molecule has 1 aliphatic heterocycles. The number of carbonyl (C=O) groups is 1. The van der Waals surface area contributed by atoms with Crippen LogP contribution >= 0.6 is 0 Å². The van der Waals surface area contributed by atoms with Crippen molar-refractivity contribution in [3.63, 3.8) is 0 Å². The van der Waals surface area contributed by atoms with Crippen LogP contribution in [-0.4, -0.2) is 22.3 Å². The van der Waals surface area contributed by atoms with Crippen LogP contribution in [0.25, 0.3) is 0 Å². The third-order valence-electron chi connectivity index (χ3n) is 2.76. The molecule has 1 aromatic heterocycles. The summed E-state index contributed by atoms with van der Waals surface area (Å²) in [6.45, 7) is 3.42. The topological polar surface area (TPSA) is 70.1 Å². The highest BCUT2D eigenvalue weighted by atomic mass is 16.5. The standard InChI is InChI=1S/C10H15N3O2/c1-2-13-6-7(5-12-13)9-8(10(11)14)3-4-15-9/h5-6,8-9H,2-4H2,1H3,(H2,11,14)/t8-,9+/m1/s1. The molecular formula is C10H15N3O2. The summed E-state index contributed by atoms with van der Waals surface area (Å²) in [7, 11) is 0. The highest BCUT2D eigenvalue weighted by Gasteiger charge is 2.34. The third kappa shape index (κ3) is 1.87. The molecule has 0 bridgehead atoms. The summed E-state index contributed by atoms with van der Waals surface area (Å²) < 4.78 is 7.33. The zero-order valence-electron chi connectivity index (χ0n) is 8.72. The first-order valence-electron chi connectivity index (χ1n) is 5.15. The number of nitrogens with two attached hydrogens (primary N) is 1. The molecule has 0 radical (unpaired) electrons. The van der Waals surface area contributed by atoms with Crippen LogP contribution in [0.15, 0.2) is 12.4 Å². The van der Waals surface area contributed by atoms with Gasteiger partial charge in [-0.3, -0.25) is 9.48 Å². The van der Waals surface area contributed by atoms with E-state index in [0.717, 1.165) is 12.1 Å². The largest absolute Gasteiger partial charge is 0.373 e. The quantitative estimate of drug-likeness (QED) is 0.786. The molecule has 2 atom stereocenters. The maximum atomic E-state index is 11.2. The number of hydrogen-bond acceptors (Lipinski definition) is 3. The van der Waals surface area contributed by atoms with E-state index >= 15 is 0 Å². The average Bonchev–Trinajstić information content (AvgIpc) is 2.85. The number of carbonyl (C=O) groups excluding carboxylic acids is 1. The Hall–Kier alpha value is -1.36. The molecule has 0 unspecified atom stereocenters. The van der Waals surface area contributed by atoms with Crippen LogP contribution in [0.4, 0.5) is 0 Å².